The van der Waals surface area contributed by atoms with Crippen LogP contribution in [0.5, 0.6) is 0 Å². The fraction of sp³-hybridized carbons (Fsp3) is 0.462. The Balaban J connectivity index is 1.16. The van der Waals surface area contributed by atoms with Crippen LogP contribution in [0.2, 0.25) is 0 Å². The molecule has 176 valence electrons. The minimum Gasteiger partial charge on any atom is -0.383 e. The Morgan fingerprint density at radius 3 is 2.71 bits per heavy atom. The van der Waals surface area contributed by atoms with Crippen LogP contribution in [0.3, 0.4) is 0 Å². The first-order chi connectivity index (χ1) is 16.4. The molecule has 3 aromatic heterocycles. The van der Waals surface area contributed by atoms with Crippen molar-refractivity contribution in [3.05, 3.63) is 63.7 Å². The predicted molar refractivity (Wildman–Crippen MR) is 131 cm³/mol. The maximum atomic E-state index is 13.1. The van der Waals surface area contributed by atoms with Gasteiger partial charge in [0.25, 0.3) is 5.91 Å². The second kappa shape index (κ2) is 7.82. The monoisotopic (exact) mass is 457 g/mol. The van der Waals surface area contributed by atoms with Crippen molar-refractivity contribution in [2.45, 2.75) is 52.6 Å². The summed E-state index contributed by atoms with van der Waals surface area (Å²) in [6.45, 7) is 8.74. The summed E-state index contributed by atoms with van der Waals surface area (Å²) in [5.74, 6) is 3.32. The van der Waals surface area contributed by atoms with E-state index >= 15 is 0 Å². The molecule has 1 saturated heterocycles. The number of nitrogens with one attached hydrogen (secondary N) is 1. The number of anilines is 2. The zero-order valence-electron chi connectivity index (χ0n) is 20.0. The predicted octanol–water partition coefficient (Wildman–Crippen LogP) is 3.10. The second-order valence-electron chi connectivity index (χ2n) is 10.2. The van der Waals surface area contributed by atoms with E-state index in [4.69, 9.17) is 10.7 Å². The molecule has 3 aliphatic rings. The summed E-state index contributed by atoms with van der Waals surface area (Å²) in [6.07, 6.45) is 4.90. The average Bonchev–Trinajstić information content (AvgIpc) is 3.11. The summed E-state index contributed by atoms with van der Waals surface area (Å²) in [5.41, 5.74) is 12.6. The minimum absolute atomic E-state index is 0.0511. The SMILES string of the molecule is Cc1cc2c(c(N)n1)CC[C@H]2NC(=O)c1cn(Cc2ccc(N3CC4CC4C3)nc2C)nc1C. The summed E-state index contributed by atoms with van der Waals surface area (Å²) < 4.78 is 1.84. The van der Waals surface area contributed by atoms with Crippen molar-refractivity contribution < 1.29 is 4.79 Å². The van der Waals surface area contributed by atoms with Crippen molar-refractivity contribution >= 4 is 17.5 Å². The summed E-state index contributed by atoms with van der Waals surface area (Å²) in [7, 11) is 0. The fourth-order valence-electron chi connectivity index (χ4n) is 5.66. The van der Waals surface area contributed by atoms with Crippen molar-refractivity contribution in [3.63, 3.8) is 0 Å². The molecule has 34 heavy (non-hydrogen) atoms. The lowest BCUT2D eigenvalue weighted by molar-refractivity contribution is 0.0936. The lowest BCUT2D eigenvalue weighted by atomic mass is 10.1. The van der Waals surface area contributed by atoms with Crippen LogP contribution in [-0.4, -0.2) is 38.7 Å². The van der Waals surface area contributed by atoms with Crippen LogP contribution in [0, 0.1) is 32.6 Å². The summed E-state index contributed by atoms with van der Waals surface area (Å²) in [4.78, 5) is 24.8. The molecular formula is C26H31N7O. The van der Waals surface area contributed by atoms with Crippen LogP contribution < -0.4 is 16.0 Å². The number of nitrogen functional groups attached to an aromatic ring is 1. The standard InChI is InChI=1S/C26H31N7O/c1-14-8-21-20(25(27)28-14)5-6-23(21)30-26(34)22-13-33(31-16(22)3)12-17-4-7-24(29-15(17)2)32-10-18-9-19(18)11-32/h4,7-8,13,18-19,23H,5-6,9-12H2,1-3H3,(H2,27,28)(H,30,34)/t18?,19?,23-/m1/s1. The summed E-state index contributed by atoms with van der Waals surface area (Å²) in [5, 5.41) is 7.81. The van der Waals surface area contributed by atoms with Crippen molar-refractivity contribution in [2.75, 3.05) is 23.7 Å². The van der Waals surface area contributed by atoms with Crippen molar-refractivity contribution in [1.82, 2.24) is 25.1 Å². The molecule has 2 unspecified atom stereocenters. The molecule has 0 aromatic carbocycles. The highest BCUT2D eigenvalue weighted by atomic mass is 16.1. The highest BCUT2D eigenvalue weighted by molar-refractivity contribution is 5.95. The van der Waals surface area contributed by atoms with E-state index in [2.05, 4.69) is 39.4 Å². The molecule has 3 aromatic rings. The molecule has 4 heterocycles. The van der Waals surface area contributed by atoms with Crippen molar-refractivity contribution in [3.8, 4) is 0 Å². The number of piperidine rings is 1. The van der Waals surface area contributed by atoms with Crippen molar-refractivity contribution in [1.29, 1.82) is 0 Å². The van der Waals surface area contributed by atoms with Gasteiger partial charge in [0.05, 0.1) is 23.8 Å². The molecule has 1 saturated carbocycles. The van der Waals surface area contributed by atoms with Crippen LogP contribution in [0.15, 0.2) is 24.4 Å². The highest BCUT2D eigenvalue weighted by Crippen LogP contribution is 2.46. The number of amides is 1. The highest BCUT2D eigenvalue weighted by Gasteiger charge is 2.45. The van der Waals surface area contributed by atoms with E-state index in [0.29, 0.717) is 17.9 Å². The van der Waals surface area contributed by atoms with Gasteiger partial charge in [-0.3, -0.25) is 9.48 Å². The van der Waals surface area contributed by atoms with E-state index in [9.17, 15) is 4.79 Å². The molecule has 6 rings (SSSR count). The molecule has 3 N–H and O–H groups in total. The Hall–Kier alpha value is -3.42. The first-order valence-corrected chi connectivity index (χ1v) is 12.2. The zero-order chi connectivity index (χ0) is 23.6. The molecule has 1 aliphatic heterocycles. The molecule has 3 atom stereocenters. The van der Waals surface area contributed by atoms with Crippen LogP contribution in [0.4, 0.5) is 11.6 Å². The Morgan fingerprint density at radius 1 is 1.15 bits per heavy atom. The Bertz CT molecular complexity index is 1290. The number of nitrogens with two attached hydrogens (primary N) is 1. The Morgan fingerprint density at radius 2 is 1.94 bits per heavy atom. The third-order valence-electron chi connectivity index (χ3n) is 7.69. The normalized spacial score (nSPS) is 22.6. The molecule has 8 heteroatoms. The van der Waals surface area contributed by atoms with Gasteiger partial charge in [-0.05, 0) is 80.7 Å². The van der Waals surface area contributed by atoms with Gasteiger partial charge < -0.3 is 16.0 Å². The van der Waals surface area contributed by atoms with Crippen LogP contribution in [-0.2, 0) is 13.0 Å². The Kier molecular flexibility index (Phi) is 4.86. The molecule has 8 nitrogen and oxygen atoms in total. The van der Waals surface area contributed by atoms with Gasteiger partial charge in [0.15, 0.2) is 0 Å². The van der Waals surface area contributed by atoms with Crippen LogP contribution in [0.25, 0.3) is 0 Å². The van der Waals surface area contributed by atoms with E-state index in [1.807, 2.05) is 30.8 Å². The number of rotatable bonds is 5. The van der Waals surface area contributed by atoms with Gasteiger partial charge in [0.2, 0.25) is 0 Å². The number of carbonyl (C=O) groups is 1. The molecule has 2 aliphatic carbocycles. The first kappa shape index (κ1) is 21.1. The molecule has 0 radical (unpaired) electrons. The molecule has 0 spiro atoms. The average molecular weight is 458 g/mol. The number of aromatic nitrogens is 4. The topological polar surface area (TPSA) is 102 Å². The maximum Gasteiger partial charge on any atom is 0.255 e. The lowest BCUT2D eigenvalue weighted by Crippen LogP contribution is -2.27. The third-order valence-corrected chi connectivity index (χ3v) is 7.69. The Labute approximate surface area is 199 Å². The van der Waals surface area contributed by atoms with Gasteiger partial charge in [0, 0.05) is 30.7 Å². The van der Waals surface area contributed by atoms with Crippen LogP contribution in [0.1, 0.15) is 63.0 Å². The van der Waals surface area contributed by atoms with E-state index in [0.717, 1.165) is 77.4 Å². The van der Waals surface area contributed by atoms with Gasteiger partial charge in [-0.15, -0.1) is 0 Å². The largest absolute Gasteiger partial charge is 0.383 e. The molecule has 2 fully saturated rings. The number of hydrogen-bond donors (Lipinski definition) is 2. The van der Waals surface area contributed by atoms with E-state index < -0.39 is 0 Å². The number of pyridine rings is 2. The van der Waals surface area contributed by atoms with Crippen LogP contribution >= 0.6 is 0 Å². The lowest BCUT2D eigenvalue weighted by Gasteiger charge is -2.20. The smallest absolute Gasteiger partial charge is 0.255 e. The maximum absolute atomic E-state index is 13.1. The molecule has 1 amide bonds. The van der Waals surface area contributed by atoms with Gasteiger partial charge in [-0.1, -0.05) is 6.07 Å². The number of nitrogens with zero attached hydrogens (tertiary/aromatic N) is 5. The van der Waals surface area contributed by atoms with Gasteiger partial charge in [-0.2, -0.15) is 5.10 Å². The van der Waals surface area contributed by atoms with Gasteiger partial charge in [0.1, 0.15) is 11.6 Å². The summed E-state index contributed by atoms with van der Waals surface area (Å²) in [6, 6.07) is 6.25. The number of aryl methyl sites for hydroxylation is 3. The van der Waals surface area contributed by atoms with E-state index in [1.54, 1.807) is 0 Å². The van der Waals surface area contributed by atoms with Gasteiger partial charge in [-0.25, -0.2) is 9.97 Å². The second-order valence-corrected chi connectivity index (χ2v) is 10.2. The number of hydrogen-bond acceptors (Lipinski definition) is 6. The first-order valence-electron chi connectivity index (χ1n) is 12.2. The van der Waals surface area contributed by atoms with Crippen molar-refractivity contribution in [2.24, 2.45) is 11.8 Å². The summed E-state index contributed by atoms with van der Waals surface area (Å²) >= 11 is 0. The minimum atomic E-state index is -0.104. The zero-order valence-corrected chi connectivity index (χ0v) is 20.0. The number of fused-ring (bicyclic) bond motifs is 2. The van der Waals surface area contributed by atoms with E-state index in [-0.39, 0.29) is 11.9 Å². The number of carbonyl (C=O) groups excluding carboxylic acids is 1. The third kappa shape index (κ3) is 3.71. The molecular weight excluding hydrogens is 426 g/mol. The van der Waals surface area contributed by atoms with Gasteiger partial charge >= 0.3 is 0 Å². The fourth-order valence-corrected chi connectivity index (χ4v) is 5.66. The quantitative estimate of drug-likeness (QED) is 0.610. The van der Waals surface area contributed by atoms with E-state index in [1.165, 1.54) is 6.42 Å². The molecule has 0 bridgehead atoms.